The molecule has 3 rings (SSSR count). The van der Waals surface area contributed by atoms with Gasteiger partial charge in [-0.1, -0.05) is 46.5 Å². The number of carboxylic acids is 1. The van der Waals surface area contributed by atoms with Crippen LogP contribution in [0.3, 0.4) is 0 Å². The van der Waals surface area contributed by atoms with Gasteiger partial charge in [0.25, 0.3) is 0 Å². The zero-order valence-corrected chi connectivity index (χ0v) is 23.7. The van der Waals surface area contributed by atoms with E-state index >= 15 is 0 Å². The summed E-state index contributed by atoms with van der Waals surface area (Å²) in [4.78, 5) is 51.1. The summed E-state index contributed by atoms with van der Waals surface area (Å²) in [6, 6.07) is -1.46. The number of amides is 3. The van der Waals surface area contributed by atoms with E-state index in [4.69, 9.17) is 5.21 Å². The van der Waals surface area contributed by atoms with Crippen LogP contribution in [0.5, 0.6) is 0 Å². The molecule has 0 aromatic heterocycles. The van der Waals surface area contributed by atoms with Gasteiger partial charge in [0.1, 0.15) is 12.1 Å². The molecule has 0 aliphatic carbocycles. The van der Waals surface area contributed by atoms with Crippen molar-refractivity contribution in [3.63, 3.8) is 0 Å². The van der Waals surface area contributed by atoms with Crippen molar-refractivity contribution in [3.05, 3.63) is 0 Å². The number of fused-ring (bicyclic) bond motifs is 1. The number of hydrogen-bond acceptors (Lipinski definition) is 8. The Kier molecular flexibility index (Phi) is 12.0. The number of nitrogens with zero attached hydrogens (tertiary/aromatic N) is 2. The van der Waals surface area contributed by atoms with Crippen molar-refractivity contribution in [1.29, 1.82) is 0 Å². The summed E-state index contributed by atoms with van der Waals surface area (Å²) >= 11 is 0. The minimum absolute atomic E-state index is 0.0433. The molecule has 3 amide bonds. The smallest absolute Gasteiger partial charge is 0.244 e. The van der Waals surface area contributed by atoms with Gasteiger partial charge in [0.2, 0.25) is 17.7 Å². The van der Waals surface area contributed by atoms with Crippen LogP contribution in [0.15, 0.2) is 0 Å². The number of nitrogens with one attached hydrogen (secondary N) is 4. The Morgan fingerprint density at radius 1 is 1.10 bits per heavy atom. The Labute approximate surface area is 231 Å². The van der Waals surface area contributed by atoms with Gasteiger partial charge in [0.05, 0.1) is 31.1 Å². The second-order valence-corrected chi connectivity index (χ2v) is 11.4. The lowest BCUT2D eigenvalue weighted by Gasteiger charge is -2.42. The van der Waals surface area contributed by atoms with Crippen LogP contribution >= 0.6 is 0 Å². The first kappa shape index (κ1) is 31.3. The normalized spacial score (nSPS) is 27.7. The maximum Gasteiger partial charge on any atom is 0.244 e. The van der Waals surface area contributed by atoms with Crippen molar-refractivity contribution >= 4 is 23.7 Å². The van der Waals surface area contributed by atoms with Crippen molar-refractivity contribution in [1.82, 2.24) is 26.2 Å². The SMILES string of the molecule is CCCCC[C@@H](CC(=O)NO)C(=O)N1NCCC[C@H]1C(=O)N[C@H](C1CCN2[C@H](C(=O)[O-])CCC[NH+]12)[C@H](C)CC. The lowest BCUT2D eigenvalue weighted by Crippen LogP contribution is -3.22. The molecule has 0 spiro atoms. The Morgan fingerprint density at radius 2 is 1.85 bits per heavy atom. The minimum atomic E-state index is -1.04. The van der Waals surface area contributed by atoms with E-state index in [1.165, 1.54) is 5.01 Å². The van der Waals surface area contributed by atoms with Crippen molar-refractivity contribution in [2.75, 3.05) is 19.6 Å². The molecule has 0 saturated carbocycles. The molecule has 0 bridgehead atoms. The summed E-state index contributed by atoms with van der Waals surface area (Å²) in [5.41, 5.74) is 4.73. The topological polar surface area (TPSA) is 159 Å². The zero-order chi connectivity index (χ0) is 28.5. The second kappa shape index (κ2) is 14.9. The van der Waals surface area contributed by atoms with Crippen LogP contribution in [-0.4, -0.2) is 82.7 Å². The molecule has 12 heteroatoms. The molecule has 12 nitrogen and oxygen atoms in total. The van der Waals surface area contributed by atoms with Crippen LogP contribution in [0, 0.1) is 11.8 Å². The predicted octanol–water partition coefficient (Wildman–Crippen LogP) is -1.11. The molecule has 0 aromatic carbocycles. The lowest BCUT2D eigenvalue weighted by atomic mass is 9.90. The highest BCUT2D eigenvalue weighted by molar-refractivity contribution is 5.90. The fourth-order valence-corrected chi connectivity index (χ4v) is 6.54. The molecule has 3 aliphatic rings. The van der Waals surface area contributed by atoms with E-state index in [0.29, 0.717) is 32.4 Å². The summed E-state index contributed by atoms with van der Waals surface area (Å²) in [6.07, 6.45) is 7.25. The van der Waals surface area contributed by atoms with Crippen molar-refractivity contribution in [3.8, 4) is 0 Å². The van der Waals surface area contributed by atoms with Gasteiger partial charge >= 0.3 is 0 Å². The lowest BCUT2D eigenvalue weighted by molar-refractivity contribution is -1.03. The number of carbonyl (C=O) groups excluding carboxylic acids is 4. The Balaban J connectivity index is 1.76. The highest BCUT2D eigenvalue weighted by atomic mass is 16.5. The third-order valence-electron chi connectivity index (χ3n) is 8.89. The number of unbranched alkanes of at least 4 members (excludes halogenated alkanes) is 2. The Hall–Kier alpha value is -2.28. The third-order valence-corrected chi connectivity index (χ3v) is 8.89. The van der Waals surface area contributed by atoms with E-state index in [1.54, 1.807) is 5.48 Å². The van der Waals surface area contributed by atoms with Crippen molar-refractivity contribution in [2.45, 2.75) is 116 Å². The molecule has 3 heterocycles. The van der Waals surface area contributed by atoms with Gasteiger partial charge in [-0.25, -0.2) is 15.9 Å². The summed E-state index contributed by atoms with van der Waals surface area (Å²) in [7, 11) is 0. The summed E-state index contributed by atoms with van der Waals surface area (Å²) < 4.78 is 0. The van der Waals surface area contributed by atoms with Gasteiger partial charge in [-0.05, 0) is 31.6 Å². The number of carboxylic acid groups (broad SMARTS) is 1. The zero-order valence-electron chi connectivity index (χ0n) is 23.7. The van der Waals surface area contributed by atoms with E-state index in [1.807, 2.05) is 5.01 Å². The highest BCUT2D eigenvalue weighted by Gasteiger charge is 2.48. The first-order valence-electron chi connectivity index (χ1n) is 14.9. The molecule has 0 radical (unpaired) electrons. The quantitative estimate of drug-likeness (QED) is 0.109. The summed E-state index contributed by atoms with van der Waals surface area (Å²) in [5, 5.41) is 28.6. The average Bonchev–Trinajstić information content (AvgIpc) is 3.38. The molecule has 222 valence electrons. The van der Waals surface area contributed by atoms with E-state index in [0.717, 1.165) is 56.5 Å². The molecule has 2 unspecified atom stereocenters. The Bertz CT molecular complexity index is 859. The minimum Gasteiger partial charge on any atom is -0.548 e. The molecule has 7 atom stereocenters. The standard InChI is InChI=1S/C27H48N6O6/c1-4-6-7-10-19(17-23(34)30-39)26(36)33-21(11-8-14-28-33)25(35)29-24(18(3)5-2)20-13-16-32-22(27(37)38)12-9-15-31(20)32/h18-22,24,28,39H,4-17H2,1-3H3,(H,29,35)(H,30,34)(H,37,38)/t18-,19+,20?,21+,22+,24+/m1/s1. The first-order chi connectivity index (χ1) is 18.7. The van der Waals surface area contributed by atoms with E-state index in [-0.39, 0.29) is 36.2 Å². The number of aliphatic carboxylic acids is 1. The highest BCUT2D eigenvalue weighted by Crippen LogP contribution is 2.23. The van der Waals surface area contributed by atoms with Gasteiger partial charge in [0, 0.05) is 31.7 Å². The Morgan fingerprint density at radius 3 is 2.51 bits per heavy atom. The van der Waals surface area contributed by atoms with E-state index < -0.39 is 29.9 Å². The summed E-state index contributed by atoms with van der Waals surface area (Å²) in [5.74, 6) is -2.68. The largest absolute Gasteiger partial charge is 0.548 e. The molecule has 5 N–H and O–H groups in total. The van der Waals surface area contributed by atoms with Crippen LogP contribution in [0.1, 0.15) is 91.4 Å². The number of hydroxylamine groups is 1. The number of hydrazine groups is 1. The first-order valence-corrected chi connectivity index (χ1v) is 14.9. The fourth-order valence-electron chi connectivity index (χ4n) is 6.54. The third kappa shape index (κ3) is 7.68. The molecule has 3 saturated heterocycles. The number of carbonyl (C=O) groups is 4. The predicted molar refractivity (Wildman–Crippen MR) is 140 cm³/mol. The van der Waals surface area contributed by atoms with Gasteiger partial charge < -0.3 is 15.2 Å². The van der Waals surface area contributed by atoms with Gasteiger partial charge in [-0.15, -0.1) is 5.01 Å². The fraction of sp³-hybridized carbons (Fsp3) is 0.852. The van der Waals surface area contributed by atoms with Gasteiger partial charge in [-0.2, -0.15) is 0 Å². The molecule has 0 aromatic rings. The van der Waals surface area contributed by atoms with Gasteiger partial charge in [-0.3, -0.25) is 24.6 Å². The molecular weight excluding hydrogens is 504 g/mol. The van der Waals surface area contributed by atoms with Crippen LogP contribution in [0.4, 0.5) is 0 Å². The van der Waals surface area contributed by atoms with Crippen LogP contribution < -0.4 is 26.3 Å². The maximum absolute atomic E-state index is 13.8. The maximum atomic E-state index is 13.8. The number of rotatable bonds is 13. The van der Waals surface area contributed by atoms with Crippen LogP contribution in [0.25, 0.3) is 0 Å². The van der Waals surface area contributed by atoms with Crippen LogP contribution in [0.2, 0.25) is 0 Å². The number of hydrogen-bond donors (Lipinski definition) is 5. The molecular formula is C27H48N6O6. The molecule has 39 heavy (non-hydrogen) atoms. The van der Waals surface area contributed by atoms with Crippen LogP contribution in [-0.2, 0) is 19.2 Å². The van der Waals surface area contributed by atoms with Crippen molar-refractivity contribution < 1.29 is 34.5 Å². The van der Waals surface area contributed by atoms with Gasteiger partial charge in [0.15, 0.2) is 0 Å². The average molecular weight is 553 g/mol. The van der Waals surface area contributed by atoms with Crippen molar-refractivity contribution in [2.24, 2.45) is 11.8 Å². The monoisotopic (exact) mass is 552 g/mol. The van der Waals surface area contributed by atoms with E-state index in [2.05, 4.69) is 31.5 Å². The molecule has 3 fully saturated rings. The van der Waals surface area contributed by atoms with E-state index in [9.17, 15) is 24.3 Å². The number of quaternary nitrogens is 1. The summed E-state index contributed by atoms with van der Waals surface area (Å²) in [6.45, 7) is 8.26. The molecule has 3 aliphatic heterocycles. The second-order valence-electron chi connectivity index (χ2n) is 11.4.